The number of ether oxygens (including phenoxy) is 1. The number of benzene rings is 1. The maximum Gasteiger partial charge on any atom is 0.138 e. The number of para-hydroxylation sites is 1. The van der Waals surface area contributed by atoms with Crippen molar-refractivity contribution in [1.29, 1.82) is 0 Å². The fraction of sp³-hybridized carbons (Fsp3) is 0.375. The van der Waals surface area contributed by atoms with Gasteiger partial charge in [-0.25, -0.2) is 0 Å². The standard InChI is InChI=1S/C16H19Br2NOS/c1-16(2,3)19-9-11-5-4-6-13(18)15(11)20-10-14-12(17)7-8-21-14/h4-8,19H,9-10H2,1-3H3. The van der Waals surface area contributed by atoms with Gasteiger partial charge in [0.05, 0.1) is 9.35 Å². The van der Waals surface area contributed by atoms with Crippen molar-refractivity contribution >= 4 is 43.2 Å². The fourth-order valence-corrected chi connectivity index (χ4v) is 3.68. The van der Waals surface area contributed by atoms with Gasteiger partial charge in [0.1, 0.15) is 12.4 Å². The molecule has 0 fully saturated rings. The van der Waals surface area contributed by atoms with Crippen LogP contribution in [0.3, 0.4) is 0 Å². The van der Waals surface area contributed by atoms with Crippen molar-refractivity contribution in [1.82, 2.24) is 5.32 Å². The first kappa shape index (κ1) is 17.0. The Bertz CT molecular complexity index is 605. The van der Waals surface area contributed by atoms with Crippen LogP contribution in [0.15, 0.2) is 38.6 Å². The largest absolute Gasteiger partial charge is 0.487 e. The number of halogens is 2. The molecule has 0 aliphatic carbocycles. The molecule has 0 radical (unpaired) electrons. The second-order valence-electron chi connectivity index (χ2n) is 5.81. The van der Waals surface area contributed by atoms with Gasteiger partial charge in [-0.3, -0.25) is 0 Å². The molecule has 114 valence electrons. The minimum absolute atomic E-state index is 0.0797. The van der Waals surface area contributed by atoms with Crippen LogP contribution in [0, 0.1) is 0 Å². The zero-order valence-electron chi connectivity index (χ0n) is 12.4. The zero-order valence-corrected chi connectivity index (χ0v) is 16.4. The number of rotatable bonds is 5. The molecule has 21 heavy (non-hydrogen) atoms. The molecule has 1 heterocycles. The van der Waals surface area contributed by atoms with Crippen LogP contribution in [0.1, 0.15) is 31.2 Å². The van der Waals surface area contributed by atoms with E-state index >= 15 is 0 Å². The van der Waals surface area contributed by atoms with Gasteiger partial charge in [0, 0.05) is 22.1 Å². The summed E-state index contributed by atoms with van der Waals surface area (Å²) in [5.74, 6) is 0.912. The van der Waals surface area contributed by atoms with Gasteiger partial charge in [-0.15, -0.1) is 11.3 Å². The second kappa shape index (κ2) is 7.27. The summed E-state index contributed by atoms with van der Waals surface area (Å²) in [5.41, 5.74) is 1.24. The predicted octanol–water partition coefficient (Wildman–Crippen LogP) is 5.74. The molecule has 0 saturated heterocycles. The van der Waals surface area contributed by atoms with Gasteiger partial charge < -0.3 is 10.1 Å². The third-order valence-corrected chi connectivity index (χ3v) is 5.42. The summed E-state index contributed by atoms with van der Waals surface area (Å²) in [7, 11) is 0. The minimum atomic E-state index is 0.0797. The van der Waals surface area contributed by atoms with Gasteiger partial charge in [0.2, 0.25) is 0 Å². The molecule has 1 aromatic carbocycles. The van der Waals surface area contributed by atoms with Gasteiger partial charge in [-0.1, -0.05) is 12.1 Å². The Kier molecular flexibility index (Phi) is 5.88. The van der Waals surface area contributed by atoms with E-state index in [1.165, 1.54) is 4.88 Å². The Morgan fingerprint density at radius 3 is 2.52 bits per heavy atom. The topological polar surface area (TPSA) is 21.3 Å². The van der Waals surface area contributed by atoms with E-state index < -0.39 is 0 Å². The van der Waals surface area contributed by atoms with E-state index in [9.17, 15) is 0 Å². The van der Waals surface area contributed by atoms with Crippen molar-refractivity contribution in [3.63, 3.8) is 0 Å². The van der Waals surface area contributed by atoms with Crippen molar-refractivity contribution in [3.8, 4) is 5.75 Å². The number of hydrogen-bond donors (Lipinski definition) is 1. The molecule has 2 aromatic rings. The van der Waals surface area contributed by atoms with Crippen LogP contribution >= 0.6 is 43.2 Å². The molecule has 0 unspecified atom stereocenters. The normalized spacial score (nSPS) is 11.7. The summed E-state index contributed by atoms with van der Waals surface area (Å²) in [4.78, 5) is 1.19. The van der Waals surface area contributed by atoms with E-state index in [4.69, 9.17) is 4.74 Å². The van der Waals surface area contributed by atoms with Gasteiger partial charge in [-0.05, 0) is 70.1 Å². The first-order chi connectivity index (χ1) is 9.87. The highest BCUT2D eigenvalue weighted by atomic mass is 79.9. The van der Waals surface area contributed by atoms with E-state index in [1.807, 2.05) is 18.2 Å². The Labute approximate surface area is 147 Å². The molecule has 2 rings (SSSR count). The average molecular weight is 433 g/mol. The molecule has 0 aliphatic rings. The lowest BCUT2D eigenvalue weighted by molar-refractivity contribution is 0.301. The summed E-state index contributed by atoms with van der Waals surface area (Å²) in [5, 5.41) is 5.56. The first-order valence-electron chi connectivity index (χ1n) is 6.74. The van der Waals surface area contributed by atoms with Gasteiger partial charge in [0.25, 0.3) is 0 Å². The number of thiophene rings is 1. The Morgan fingerprint density at radius 2 is 1.90 bits per heavy atom. The first-order valence-corrected chi connectivity index (χ1v) is 9.20. The lowest BCUT2D eigenvalue weighted by Gasteiger charge is -2.22. The SMILES string of the molecule is CC(C)(C)NCc1cccc(Br)c1OCc1sccc1Br. The Balaban J connectivity index is 2.12. The van der Waals surface area contributed by atoms with Gasteiger partial charge >= 0.3 is 0 Å². The molecule has 1 N–H and O–H groups in total. The number of hydrogen-bond acceptors (Lipinski definition) is 3. The molecule has 0 aliphatic heterocycles. The molecular weight excluding hydrogens is 414 g/mol. The highest BCUT2D eigenvalue weighted by Crippen LogP contribution is 2.32. The highest BCUT2D eigenvalue weighted by Gasteiger charge is 2.13. The summed E-state index contributed by atoms with van der Waals surface area (Å²) in [6, 6.07) is 8.20. The maximum absolute atomic E-state index is 6.05. The van der Waals surface area contributed by atoms with Gasteiger partial charge in [0.15, 0.2) is 0 Å². The van der Waals surface area contributed by atoms with Crippen LogP contribution < -0.4 is 10.1 Å². The fourth-order valence-electron chi connectivity index (χ4n) is 1.78. The summed E-state index contributed by atoms with van der Waals surface area (Å²) in [6.07, 6.45) is 0. The molecule has 5 heteroatoms. The van der Waals surface area contributed by atoms with E-state index in [0.29, 0.717) is 6.61 Å². The van der Waals surface area contributed by atoms with Crippen molar-refractivity contribution in [2.24, 2.45) is 0 Å². The van der Waals surface area contributed by atoms with Crippen LogP contribution in [-0.2, 0) is 13.2 Å². The van der Waals surface area contributed by atoms with Crippen molar-refractivity contribution in [3.05, 3.63) is 49.0 Å². The van der Waals surface area contributed by atoms with Crippen LogP contribution in [0.25, 0.3) is 0 Å². The lowest BCUT2D eigenvalue weighted by Crippen LogP contribution is -2.35. The van der Waals surface area contributed by atoms with E-state index in [0.717, 1.165) is 26.8 Å². The Hall–Kier alpha value is -0.360. The van der Waals surface area contributed by atoms with E-state index in [-0.39, 0.29) is 5.54 Å². The molecular formula is C16H19Br2NOS. The smallest absolute Gasteiger partial charge is 0.138 e. The highest BCUT2D eigenvalue weighted by molar-refractivity contribution is 9.10. The molecule has 0 bridgehead atoms. The van der Waals surface area contributed by atoms with Crippen molar-refractivity contribution in [2.45, 2.75) is 39.5 Å². The monoisotopic (exact) mass is 431 g/mol. The van der Waals surface area contributed by atoms with Crippen LogP contribution in [-0.4, -0.2) is 5.54 Å². The summed E-state index contributed by atoms with van der Waals surface area (Å²) in [6.45, 7) is 7.84. The Morgan fingerprint density at radius 1 is 1.14 bits per heavy atom. The van der Waals surface area contributed by atoms with Crippen LogP contribution in [0.5, 0.6) is 5.75 Å². The lowest BCUT2D eigenvalue weighted by atomic mass is 10.1. The molecule has 0 saturated carbocycles. The van der Waals surface area contributed by atoms with Crippen molar-refractivity contribution in [2.75, 3.05) is 0 Å². The molecule has 0 amide bonds. The predicted molar refractivity (Wildman–Crippen MR) is 97.1 cm³/mol. The zero-order chi connectivity index (χ0) is 15.5. The summed E-state index contributed by atoms with van der Waals surface area (Å²) < 4.78 is 8.15. The van der Waals surface area contributed by atoms with E-state index in [2.05, 4.69) is 69.4 Å². The average Bonchev–Trinajstić information content (AvgIpc) is 2.80. The second-order valence-corrected chi connectivity index (χ2v) is 8.52. The van der Waals surface area contributed by atoms with E-state index in [1.54, 1.807) is 11.3 Å². The minimum Gasteiger partial charge on any atom is -0.487 e. The van der Waals surface area contributed by atoms with Crippen LogP contribution in [0.4, 0.5) is 0 Å². The molecule has 1 aromatic heterocycles. The maximum atomic E-state index is 6.05. The number of nitrogens with one attached hydrogen (secondary N) is 1. The van der Waals surface area contributed by atoms with Gasteiger partial charge in [-0.2, -0.15) is 0 Å². The van der Waals surface area contributed by atoms with Crippen LogP contribution in [0.2, 0.25) is 0 Å². The molecule has 0 atom stereocenters. The quantitative estimate of drug-likeness (QED) is 0.650. The van der Waals surface area contributed by atoms with Crippen molar-refractivity contribution < 1.29 is 4.74 Å². The molecule has 2 nitrogen and oxygen atoms in total. The molecule has 0 spiro atoms. The summed E-state index contributed by atoms with van der Waals surface area (Å²) >= 11 is 8.82. The third kappa shape index (κ3) is 5.09. The third-order valence-electron chi connectivity index (χ3n) is 2.90.